The Morgan fingerprint density at radius 2 is 2.03 bits per heavy atom. The predicted octanol–water partition coefficient (Wildman–Crippen LogP) is 3.06. The van der Waals surface area contributed by atoms with Crippen molar-refractivity contribution < 1.29 is 4.79 Å². The molecular formula is C20H19N5O2S2. The zero-order valence-electron chi connectivity index (χ0n) is 15.5. The first-order chi connectivity index (χ1) is 14.2. The van der Waals surface area contributed by atoms with Crippen LogP contribution < -0.4 is 11.0 Å². The maximum atomic E-state index is 12.6. The Hall–Kier alpha value is -2.91. The topological polar surface area (TPSA) is 81.3 Å². The summed E-state index contributed by atoms with van der Waals surface area (Å²) in [7, 11) is 0. The minimum absolute atomic E-state index is 0.117. The first-order valence-electron chi connectivity index (χ1n) is 9.13. The number of fused-ring (bicyclic) bond motifs is 1. The molecule has 0 radical (unpaired) electrons. The SMILES string of the molecule is O=C(NCCCn1nc2ccccn2c1=O)c1ccccc1SCc1cscn1. The number of pyridine rings is 1. The van der Waals surface area contributed by atoms with Crippen molar-refractivity contribution in [3.63, 3.8) is 0 Å². The second-order valence-corrected chi connectivity index (χ2v) is 8.04. The van der Waals surface area contributed by atoms with Crippen LogP contribution in [0.4, 0.5) is 0 Å². The first-order valence-corrected chi connectivity index (χ1v) is 11.1. The summed E-state index contributed by atoms with van der Waals surface area (Å²) in [6, 6.07) is 13.0. The fourth-order valence-electron chi connectivity index (χ4n) is 2.88. The second-order valence-electron chi connectivity index (χ2n) is 6.31. The van der Waals surface area contributed by atoms with Crippen molar-refractivity contribution in [2.24, 2.45) is 0 Å². The summed E-state index contributed by atoms with van der Waals surface area (Å²) in [5.74, 6) is 0.610. The van der Waals surface area contributed by atoms with Gasteiger partial charge in [0.25, 0.3) is 5.91 Å². The van der Waals surface area contributed by atoms with Gasteiger partial charge in [0.2, 0.25) is 0 Å². The number of aromatic nitrogens is 4. The summed E-state index contributed by atoms with van der Waals surface area (Å²) in [5, 5.41) is 9.25. The van der Waals surface area contributed by atoms with Crippen LogP contribution in [0.5, 0.6) is 0 Å². The Balaban J connectivity index is 1.32. The van der Waals surface area contributed by atoms with Crippen molar-refractivity contribution in [3.8, 4) is 0 Å². The lowest BCUT2D eigenvalue weighted by atomic mass is 10.2. The van der Waals surface area contributed by atoms with Gasteiger partial charge < -0.3 is 5.32 Å². The number of benzene rings is 1. The van der Waals surface area contributed by atoms with E-state index in [2.05, 4.69) is 15.4 Å². The van der Waals surface area contributed by atoms with Gasteiger partial charge in [-0.2, -0.15) is 0 Å². The molecule has 9 heteroatoms. The Kier molecular flexibility index (Phi) is 6.06. The molecule has 0 aliphatic heterocycles. The van der Waals surface area contributed by atoms with E-state index in [-0.39, 0.29) is 11.6 Å². The molecule has 3 heterocycles. The monoisotopic (exact) mass is 425 g/mol. The molecule has 0 aliphatic rings. The van der Waals surface area contributed by atoms with E-state index in [0.29, 0.717) is 30.7 Å². The van der Waals surface area contributed by atoms with Crippen molar-refractivity contribution in [3.05, 3.63) is 81.3 Å². The molecule has 1 amide bonds. The zero-order chi connectivity index (χ0) is 20.1. The summed E-state index contributed by atoms with van der Waals surface area (Å²) in [5.41, 5.74) is 3.91. The highest BCUT2D eigenvalue weighted by atomic mass is 32.2. The van der Waals surface area contributed by atoms with Crippen LogP contribution in [-0.4, -0.2) is 31.6 Å². The highest BCUT2D eigenvalue weighted by molar-refractivity contribution is 7.98. The van der Waals surface area contributed by atoms with Gasteiger partial charge in [-0.15, -0.1) is 28.2 Å². The number of carbonyl (C=O) groups is 1. The van der Waals surface area contributed by atoms with Crippen molar-refractivity contribution in [2.45, 2.75) is 23.6 Å². The number of rotatable bonds is 8. The Labute approximate surface area is 175 Å². The summed E-state index contributed by atoms with van der Waals surface area (Å²) < 4.78 is 2.94. The molecule has 1 N–H and O–H groups in total. The lowest BCUT2D eigenvalue weighted by molar-refractivity contribution is 0.0949. The number of thiazole rings is 1. The van der Waals surface area contributed by atoms with Gasteiger partial charge in [-0.1, -0.05) is 18.2 Å². The molecule has 0 bridgehead atoms. The van der Waals surface area contributed by atoms with Crippen molar-refractivity contribution in [1.29, 1.82) is 0 Å². The Bertz CT molecular complexity index is 1170. The lowest BCUT2D eigenvalue weighted by Gasteiger charge is -2.09. The summed E-state index contributed by atoms with van der Waals surface area (Å²) >= 11 is 3.16. The van der Waals surface area contributed by atoms with Gasteiger partial charge in [-0.25, -0.2) is 14.5 Å². The minimum atomic E-state index is -0.171. The fourth-order valence-corrected chi connectivity index (χ4v) is 4.50. The van der Waals surface area contributed by atoms with Crippen molar-refractivity contribution in [2.75, 3.05) is 6.54 Å². The quantitative estimate of drug-likeness (QED) is 0.347. The first kappa shape index (κ1) is 19.4. The number of thioether (sulfide) groups is 1. The van der Waals surface area contributed by atoms with Gasteiger partial charge in [-0.05, 0) is 30.7 Å². The Morgan fingerprint density at radius 3 is 2.86 bits per heavy atom. The number of hydrogen-bond acceptors (Lipinski definition) is 6. The largest absolute Gasteiger partial charge is 0.352 e. The molecule has 4 rings (SSSR count). The maximum Gasteiger partial charge on any atom is 0.350 e. The summed E-state index contributed by atoms with van der Waals surface area (Å²) in [6.45, 7) is 0.908. The van der Waals surface area contributed by atoms with Gasteiger partial charge in [0.15, 0.2) is 5.65 Å². The van der Waals surface area contributed by atoms with Gasteiger partial charge in [-0.3, -0.25) is 9.20 Å². The van der Waals surface area contributed by atoms with Gasteiger partial charge in [0.1, 0.15) is 0 Å². The van der Waals surface area contributed by atoms with Crippen LogP contribution >= 0.6 is 23.1 Å². The van der Waals surface area contributed by atoms with Gasteiger partial charge in [0, 0.05) is 35.3 Å². The summed E-state index contributed by atoms with van der Waals surface area (Å²) in [6.07, 6.45) is 2.31. The molecule has 0 saturated heterocycles. The van der Waals surface area contributed by atoms with Gasteiger partial charge in [0.05, 0.1) is 16.8 Å². The number of nitrogens with zero attached hydrogens (tertiary/aromatic N) is 4. The predicted molar refractivity (Wildman–Crippen MR) is 115 cm³/mol. The smallest absolute Gasteiger partial charge is 0.350 e. The van der Waals surface area contributed by atoms with Crippen molar-refractivity contribution in [1.82, 2.24) is 24.5 Å². The van der Waals surface area contributed by atoms with Gasteiger partial charge >= 0.3 is 5.69 Å². The molecule has 3 aromatic heterocycles. The van der Waals surface area contributed by atoms with Crippen LogP contribution in [0.2, 0.25) is 0 Å². The molecular weight excluding hydrogens is 406 g/mol. The van der Waals surface area contributed by atoms with Crippen LogP contribution in [0.25, 0.3) is 5.65 Å². The molecule has 0 spiro atoms. The molecule has 7 nitrogen and oxygen atoms in total. The third kappa shape index (κ3) is 4.57. The molecule has 0 unspecified atom stereocenters. The van der Waals surface area contributed by atoms with E-state index < -0.39 is 0 Å². The second kappa shape index (κ2) is 9.06. The van der Waals surface area contributed by atoms with Crippen molar-refractivity contribution >= 4 is 34.7 Å². The fraction of sp³-hybridized carbons (Fsp3) is 0.200. The van der Waals surface area contributed by atoms with E-state index in [1.165, 1.54) is 9.08 Å². The number of amides is 1. The van der Waals surface area contributed by atoms with Crippen LogP contribution in [0, 0.1) is 0 Å². The zero-order valence-corrected chi connectivity index (χ0v) is 17.2. The molecule has 0 atom stereocenters. The highest BCUT2D eigenvalue weighted by Gasteiger charge is 2.12. The molecule has 1 aromatic carbocycles. The van der Waals surface area contributed by atoms with E-state index in [4.69, 9.17) is 0 Å². The minimum Gasteiger partial charge on any atom is -0.352 e. The van der Waals surface area contributed by atoms with Crippen LogP contribution in [0.15, 0.2) is 69.2 Å². The summed E-state index contributed by atoms with van der Waals surface area (Å²) in [4.78, 5) is 30.1. The van der Waals surface area contributed by atoms with E-state index in [9.17, 15) is 9.59 Å². The molecule has 0 saturated carbocycles. The average Bonchev–Trinajstić information content (AvgIpc) is 3.38. The average molecular weight is 426 g/mol. The molecule has 0 aliphatic carbocycles. The Morgan fingerprint density at radius 1 is 1.17 bits per heavy atom. The highest BCUT2D eigenvalue weighted by Crippen LogP contribution is 2.26. The van der Waals surface area contributed by atoms with E-state index in [0.717, 1.165) is 16.3 Å². The van der Waals surface area contributed by atoms with E-state index >= 15 is 0 Å². The molecule has 148 valence electrons. The number of carbonyl (C=O) groups excluding carboxylic acids is 1. The standard InChI is InChI=1S/C20H19N5O2S2/c26-19(16-6-1-2-7-17(16)29-13-15-12-28-14-22-15)21-9-5-11-25-20(27)24-10-4-3-8-18(24)23-25/h1-4,6-8,10,12,14H,5,9,11,13H2,(H,21,26). The van der Waals surface area contributed by atoms with Crippen LogP contribution in [-0.2, 0) is 12.3 Å². The lowest BCUT2D eigenvalue weighted by Crippen LogP contribution is -2.27. The maximum absolute atomic E-state index is 12.6. The normalized spacial score (nSPS) is 11.0. The van der Waals surface area contributed by atoms with Crippen LogP contribution in [0.1, 0.15) is 22.5 Å². The third-order valence-corrected chi connectivity index (χ3v) is 6.05. The van der Waals surface area contributed by atoms with E-state index in [1.54, 1.807) is 41.4 Å². The third-order valence-electron chi connectivity index (χ3n) is 4.31. The number of nitrogens with one attached hydrogen (secondary N) is 1. The number of aryl methyl sites for hydroxylation is 1. The van der Waals surface area contributed by atoms with E-state index in [1.807, 2.05) is 41.2 Å². The number of hydrogen-bond donors (Lipinski definition) is 1. The molecule has 0 fully saturated rings. The molecule has 29 heavy (non-hydrogen) atoms. The van der Waals surface area contributed by atoms with Crippen LogP contribution in [0.3, 0.4) is 0 Å². The molecule has 4 aromatic rings.